The number of hydrogen-bond acceptors (Lipinski definition) is 3. The van der Waals surface area contributed by atoms with Gasteiger partial charge >= 0.3 is 0 Å². The van der Waals surface area contributed by atoms with Crippen molar-refractivity contribution in [1.29, 1.82) is 0 Å². The van der Waals surface area contributed by atoms with Crippen LogP contribution in [0.4, 0.5) is 5.69 Å². The zero-order valence-corrected chi connectivity index (χ0v) is 13.1. The van der Waals surface area contributed by atoms with Crippen molar-refractivity contribution in [2.45, 2.75) is 32.2 Å². The first-order chi connectivity index (χ1) is 10.0. The second kappa shape index (κ2) is 5.93. The summed E-state index contributed by atoms with van der Waals surface area (Å²) in [5.74, 6) is 2.69. The minimum absolute atomic E-state index is 0.00231. The monoisotopic (exact) mass is 308 g/mol. The molecule has 2 fully saturated rings. The molecule has 0 saturated heterocycles. The predicted molar refractivity (Wildman–Crippen MR) is 83.4 cm³/mol. The molecule has 0 aromatic heterocycles. The fraction of sp³-hybridized carbons (Fsp3) is 0.625. The quantitative estimate of drug-likeness (QED) is 0.607. The summed E-state index contributed by atoms with van der Waals surface area (Å²) in [6, 6.07) is 5.10. The molecule has 3 atom stereocenters. The number of fused-ring (bicyclic) bond motifs is 2. The molecule has 1 aromatic rings. The second-order valence-corrected chi connectivity index (χ2v) is 7.08. The largest absolute Gasteiger partial charge is 0.302 e. The van der Waals surface area contributed by atoms with Gasteiger partial charge in [0.15, 0.2) is 0 Å². The van der Waals surface area contributed by atoms with Gasteiger partial charge in [0.2, 0.25) is 0 Å². The van der Waals surface area contributed by atoms with Crippen molar-refractivity contribution in [3.05, 3.63) is 38.9 Å². The van der Waals surface area contributed by atoms with Crippen LogP contribution in [0.3, 0.4) is 0 Å². The normalized spacial score (nSPS) is 27.5. The smallest absolute Gasteiger partial charge is 0.288 e. The summed E-state index contributed by atoms with van der Waals surface area (Å²) in [5.41, 5.74) is 0.958. The topological polar surface area (TPSA) is 46.4 Å². The van der Waals surface area contributed by atoms with Gasteiger partial charge in [-0.2, -0.15) is 0 Å². The Hall–Kier alpha value is -1.13. The standard InChI is InChI=1S/C16H21ClN2O2/c1-18(10-14-7-11-2-4-13(14)6-11)9-12-3-5-15(17)16(8-12)19(20)21/h3,5,8,11,13-14H,2,4,6-7,9-10H2,1H3. The van der Waals surface area contributed by atoms with Crippen LogP contribution < -0.4 is 0 Å². The maximum Gasteiger partial charge on any atom is 0.288 e. The third kappa shape index (κ3) is 3.22. The SMILES string of the molecule is CN(Cc1ccc(Cl)c([N+](=O)[O-])c1)CC1CC2CCC1C2. The highest BCUT2D eigenvalue weighted by Gasteiger charge is 2.39. The Balaban J connectivity index is 1.61. The van der Waals surface area contributed by atoms with Crippen molar-refractivity contribution in [2.75, 3.05) is 13.6 Å². The Bertz CT molecular complexity index is 549. The summed E-state index contributed by atoms with van der Waals surface area (Å²) in [5, 5.41) is 11.1. The zero-order chi connectivity index (χ0) is 15.0. The molecule has 0 amide bonds. The number of nitro groups is 1. The van der Waals surface area contributed by atoms with Crippen LogP contribution >= 0.6 is 11.6 Å². The Labute approximate surface area is 130 Å². The van der Waals surface area contributed by atoms with Crippen LogP contribution in [0, 0.1) is 27.9 Å². The van der Waals surface area contributed by atoms with E-state index in [0.29, 0.717) is 0 Å². The van der Waals surface area contributed by atoms with E-state index >= 15 is 0 Å². The number of nitrogens with zero attached hydrogens (tertiary/aromatic N) is 2. The van der Waals surface area contributed by atoms with Gasteiger partial charge in [-0.15, -0.1) is 0 Å². The molecular formula is C16H21ClN2O2. The second-order valence-electron chi connectivity index (χ2n) is 6.67. The number of hydrogen-bond donors (Lipinski definition) is 0. The number of nitro benzene ring substituents is 1. The minimum Gasteiger partial charge on any atom is -0.302 e. The molecule has 3 rings (SSSR count). The average Bonchev–Trinajstić information content (AvgIpc) is 3.03. The van der Waals surface area contributed by atoms with Gasteiger partial charge in [-0.25, -0.2) is 0 Å². The number of benzene rings is 1. The van der Waals surface area contributed by atoms with E-state index in [4.69, 9.17) is 11.6 Å². The van der Waals surface area contributed by atoms with Crippen LogP contribution in [-0.4, -0.2) is 23.4 Å². The van der Waals surface area contributed by atoms with Crippen LogP contribution in [0.5, 0.6) is 0 Å². The molecule has 2 saturated carbocycles. The maximum absolute atomic E-state index is 10.9. The predicted octanol–water partition coefficient (Wildman–Crippen LogP) is 4.12. The van der Waals surface area contributed by atoms with Crippen molar-refractivity contribution < 1.29 is 4.92 Å². The highest BCUT2D eigenvalue weighted by Crippen LogP contribution is 2.48. The Morgan fingerprint density at radius 2 is 2.19 bits per heavy atom. The Morgan fingerprint density at radius 3 is 2.81 bits per heavy atom. The van der Waals surface area contributed by atoms with E-state index in [9.17, 15) is 10.1 Å². The molecule has 5 heteroatoms. The summed E-state index contributed by atoms with van der Waals surface area (Å²) in [7, 11) is 2.10. The first-order valence-electron chi connectivity index (χ1n) is 7.64. The first-order valence-corrected chi connectivity index (χ1v) is 8.02. The zero-order valence-electron chi connectivity index (χ0n) is 12.3. The third-order valence-electron chi connectivity index (χ3n) is 5.09. The van der Waals surface area contributed by atoms with Crippen molar-refractivity contribution in [1.82, 2.24) is 4.90 Å². The lowest BCUT2D eigenvalue weighted by Crippen LogP contribution is -2.28. The lowest BCUT2D eigenvalue weighted by atomic mass is 9.88. The van der Waals surface area contributed by atoms with E-state index in [2.05, 4.69) is 11.9 Å². The summed E-state index contributed by atoms with van der Waals surface area (Å²) >= 11 is 5.85. The van der Waals surface area contributed by atoms with Crippen LogP contribution in [0.15, 0.2) is 18.2 Å². The lowest BCUT2D eigenvalue weighted by Gasteiger charge is -2.27. The average molecular weight is 309 g/mol. The van der Waals surface area contributed by atoms with Gasteiger partial charge in [-0.05, 0) is 55.7 Å². The van der Waals surface area contributed by atoms with Crippen LogP contribution in [0.2, 0.25) is 5.02 Å². The van der Waals surface area contributed by atoms with E-state index in [1.54, 1.807) is 12.1 Å². The van der Waals surface area contributed by atoms with Crippen LogP contribution in [-0.2, 0) is 6.54 Å². The molecular weight excluding hydrogens is 288 g/mol. The molecule has 21 heavy (non-hydrogen) atoms. The van der Waals surface area contributed by atoms with Crippen LogP contribution in [0.25, 0.3) is 0 Å². The molecule has 4 nitrogen and oxygen atoms in total. The van der Waals surface area contributed by atoms with Gasteiger partial charge in [0, 0.05) is 19.2 Å². The van der Waals surface area contributed by atoms with Crippen molar-refractivity contribution in [3.8, 4) is 0 Å². The van der Waals surface area contributed by atoms with Crippen molar-refractivity contribution >= 4 is 17.3 Å². The molecule has 0 aliphatic heterocycles. The van der Waals surface area contributed by atoms with E-state index in [-0.39, 0.29) is 10.7 Å². The third-order valence-corrected chi connectivity index (χ3v) is 5.41. The highest BCUT2D eigenvalue weighted by atomic mass is 35.5. The molecule has 2 aliphatic rings. The fourth-order valence-corrected chi connectivity index (χ4v) is 4.36. The highest BCUT2D eigenvalue weighted by molar-refractivity contribution is 6.32. The first kappa shape index (κ1) is 14.8. The molecule has 0 N–H and O–H groups in total. The lowest BCUT2D eigenvalue weighted by molar-refractivity contribution is -0.384. The van der Waals surface area contributed by atoms with Gasteiger partial charge in [-0.3, -0.25) is 10.1 Å². The molecule has 0 spiro atoms. The van der Waals surface area contributed by atoms with Gasteiger partial charge in [0.25, 0.3) is 5.69 Å². The van der Waals surface area contributed by atoms with Gasteiger partial charge in [0.1, 0.15) is 5.02 Å². The summed E-state index contributed by atoms with van der Waals surface area (Å²) < 4.78 is 0. The molecule has 1 aromatic carbocycles. The summed E-state index contributed by atoms with van der Waals surface area (Å²) in [6.07, 6.45) is 5.62. The molecule has 0 radical (unpaired) electrons. The number of halogens is 1. The Kier molecular flexibility index (Phi) is 4.18. The minimum atomic E-state index is -0.415. The van der Waals surface area contributed by atoms with E-state index < -0.39 is 4.92 Å². The fourth-order valence-electron chi connectivity index (χ4n) is 4.17. The van der Waals surface area contributed by atoms with Crippen LogP contribution in [0.1, 0.15) is 31.2 Å². The van der Waals surface area contributed by atoms with Crippen molar-refractivity contribution in [2.24, 2.45) is 17.8 Å². The molecule has 2 aliphatic carbocycles. The van der Waals surface area contributed by atoms with Gasteiger partial charge in [-0.1, -0.05) is 24.1 Å². The van der Waals surface area contributed by atoms with E-state index in [1.807, 2.05) is 6.07 Å². The summed E-state index contributed by atoms with van der Waals surface area (Å²) in [6.45, 7) is 1.84. The van der Waals surface area contributed by atoms with Crippen molar-refractivity contribution in [3.63, 3.8) is 0 Å². The molecule has 114 valence electrons. The van der Waals surface area contributed by atoms with Gasteiger partial charge < -0.3 is 4.90 Å². The van der Waals surface area contributed by atoms with E-state index in [1.165, 1.54) is 25.7 Å². The van der Waals surface area contributed by atoms with E-state index in [0.717, 1.165) is 36.4 Å². The Morgan fingerprint density at radius 1 is 1.38 bits per heavy atom. The van der Waals surface area contributed by atoms with Gasteiger partial charge in [0.05, 0.1) is 4.92 Å². The number of rotatable bonds is 5. The molecule has 0 heterocycles. The molecule has 3 unspecified atom stereocenters. The molecule has 2 bridgehead atoms. The summed E-state index contributed by atoms with van der Waals surface area (Å²) in [4.78, 5) is 12.8. The maximum atomic E-state index is 10.9.